The fraction of sp³-hybridized carbons (Fsp3) is 0.174. The van der Waals surface area contributed by atoms with E-state index in [2.05, 4.69) is 15.6 Å². The van der Waals surface area contributed by atoms with E-state index in [1.807, 2.05) is 62.4 Å². The van der Waals surface area contributed by atoms with Crippen LogP contribution in [-0.4, -0.2) is 23.3 Å². The molecule has 0 aliphatic heterocycles. The highest BCUT2D eigenvalue weighted by Gasteiger charge is 2.16. The summed E-state index contributed by atoms with van der Waals surface area (Å²) >= 11 is 0. The van der Waals surface area contributed by atoms with E-state index in [0.29, 0.717) is 17.9 Å². The van der Waals surface area contributed by atoms with Gasteiger partial charge in [0.1, 0.15) is 5.82 Å². The van der Waals surface area contributed by atoms with Crippen molar-refractivity contribution in [1.29, 1.82) is 0 Å². The van der Waals surface area contributed by atoms with Crippen molar-refractivity contribution in [1.82, 2.24) is 4.98 Å². The SMILES string of the molecule is CCN(C(=O)c1ccc(Nc2ccc(NC(C)=O)cc2)nc1)c1cccc(C)c1. The second kappa shape index (κ2) is 9.01. The van der Waals surface area contributed by atoms with Gasteiger partial charge in [-0.2, -0.15) is 0 Å². The molecule has 148 valence electrons. The number of pyridine rings is 1. The molecule has 6 nitrogen and oxygen atoms in total. The lowest BCUT2D eigenvalue weighted by atomic mass is 10.1. The van der Waals surface area contributed by atoms with Crippen LogP contribution < -0.4 is 15.5 Å². The van der Waals surface area contributed by atoms with E-state index in [9.17, 15) is 9.59 Å². The fourth-order valence-electron chi connectivity index (χ4n) is 2.98. The van der Waals surface area contributed by atoms with Crippen LogP contribution >= 0.6 is 0 Å². The lowest BCUT2D eigenvalue weighted by molar-refractivity contribution is -0.114. The van der Waals surface area contributed by atoms with E-state index in [4.69, 9.17) is 0 Å². The average molecular weight is 388 g/mol. The van der Waals surface area contributed by atoms with Gasteiger partial charge in [-0.1, -0.05) is 12.1 Å². The number of benzene rings is 2. The third-order valence-corrected chi connectivity index (χ3v) is 4.36. The maximum atomic E-state index is 12.9. The Morgan fingerprint density at radius 1 is 1.00 bits per heavy atom. The number of hydrogen-bond acceptors (Lipinski definition) is 4. The second-order valence-electron chi connectivity index (χ2n) is 6.70. The first kappa shape index (κ1) is 20.1. The average Bonchev–Trinajstić information content (AvgIpc) is 2.70. The van der Waals surface area contributed by atoms with Gasteiger partial charge in [0.15, 0.2) is 0 Å². The lowest BCUT2D eigenvalue weighted by Gasteiger charge is -2.21. The largest absolute Gasteiger partial charge is 0.340 e. The Bertz CT molecular complexity index is 998. The number of aromatic nitrogens is 1. The number of nitrogens with one attached hydrogen (secondary N) is 2. The van der Waals surface area contributed by atoms with Crippen LogP contribution in [0.15, 0.2) is 66.9 Å². The minimum atomic E-state index is -0.112. The van der Waals surface area contributed by atoms with E-state index in [-0.39, 0.29) is 11.8 Å². The Balaban J connectivity index is 1.70. The molecule has 3 rings (SSSR count). The molecule has 1 aromatic heterocycles. The summed E-state index contributed by atoms with van der Waals surface area (Å²) in [4.78, 5) is 30.1. The van der Waals surface area contributed by atoms with Gasteiger partial charge < -0.3 is 15.5 Å². The van der Waals surface area contributed by atoms with Crippen LogP contribution in [0.5, 0.6) is 0 Å². The summed E-state index contributed by atoms with van der Waals surface area (Å²) in [6.45, 7) is 6.00. The van der Waals surface area contributed by atoms with Gasteiger partial charge in [0.05, 0.1) is 5.56 Å². The van der Waals surface area contributed by atoms with Gasteiger partial charge in [-0.05, 0) is 67.9 Å². The third-order valence-electron chi connectivity index (χ3n) is 4.36. The second-order valence-corrected chi connectivity index (χ2v) is 6.70. The highest BCUT2D eigenvalue weighted by molar-refractivity contribution is 6.06. The first-order chi connectivity index (χ1) is 14.0. The van der Waals surface area contributed by atoms with Crippen molar-refractivity contribution >= 4 is 34.7 Å². The summed E-state index contributed by atoms with van der Waals surface area (Å²) in [6, 6.07) is 18.7. The van der Waals surface area contributed by atoms with Crippen LogP contribution in [0.1, 0.15) is 29.8 Å². The number of carbonyl (C=O) groups is 2. The molecule has 0 saturated heterocycles. The summed E-state index contributed by atoms with van der Waals surface area (Å²) < 4.78 is 0. The van der Waals surface area contributed by atoms with Crippen molar-refractivity contribution in [2.75, 3.05) is 22.1 Å². The van der Waals surface area contributed by atoms with Crippen LogP contribution in [0.4, 0.5) is 22.9 Å². The van der Waals surface area contributed by atoms with Gasteiger partial charge in [0.25, 0.3) is 5.91 Å². The van der Waals surface area contributed by atoms with Crippen LogP contribution in [0.3, 0.4) is 0 Å². The molecule has 1 heterocycles. The Morgan fingerprint density at radius 2 is 1.72 bits per heavy atom. The van der Waals surface area contributed by atoms with E-state index in [1.165, 1.54) is 6.92 Å². The first-order valence-electron chi connectivity index (χ1n) is 9.45. The predicted molar refractivity (Wildman–Crippen MR) is 117 cm³/mol. The maximum Gasteiger partial charge on any atom is 0.259 e. The minimum Gasteiger partial charge on any atom is -0.340 e. The zero-order chi connectivity index (χ0) is 20.8. The molecule has 29 heavy (non-hydrogen) atoms. The molecule has 0 atom stereocenters. The van der Waals surface area contributed by atoms with Crippen LogP contribution in [0, 0.1) is 6.92 Å². The summed E-state index contributed by atoms with van der Waals surface area (Å²) in [5.41, 5.74) is 4.07. The molecule has 0 aliphatic carbocycles. The van der Waals surface area contributed by atoms with Crippen molar-refractivity contribution in [2.45, 2.75) is 20.8 Å². The van der Waals surface area contributed by atoms with E-state index >= 15 is 0 Å². The van der Waals surface area contributed by atoms with Crippen LogP contribution in [0.2, 0.25) is 0 Å². The lowest BCUT2D eigenvalue weighted by Crippen LogP contribution is -2.30. The minimum absolute atomic E-state index is 0.0863. The molecule has 0 saturated carbocycles. The molecular formula is C23H24N4O2. The normalized spacial score (nSPS) is 10.3. The molecule has 2 aromatic carbocycles. The molecule has 0 fully saturated rings. The zero-order valence-corrected chi connectivity index (χ0v) is 16.8. The third kappa shape index (κ3) is 5.19. The Kier molecular flexibility index (Phi) is 6.24. The molecule has 2 N–H and O–H groups in total. The number of hydrogen-bond donors (Lipinski definition) is 2. The number of nitrogens with zero attached hydrogens (tertiary/aromatic N) is 2. The fourth-order valence-corrected chi connectivity index (χ4v) is 2.98. The molecule has 6 heteroatoms. The molecule has 3 aromatic rings. The van der Waals surface area contributed by atoms with Crippen LogP contribution in [0.25, 0.3) is 0 Å². The number of carbonyl (C=O) groups excluding carboxylic acids is 2. The molecular weight excluding hydrogens is 364 g/mol. The van der Waals surface area contributed by atoms with Crippen molar-refractivity contribution in [3.63, 3.8) is 0 Å². The summed E-state index contributed by atoms with van der Waals surface area (Å²) in [5, 5.41) is 5.91. The molecule has 0 spiro atoms. The Hall–Kier alpha value is -3.67. The quantitative estimate of drug-likeness (QED) is 0.638. The zero-order valence-electron chi connectivity index (χ0n) is 16.8. The van der Waals surface area contributed by atoms with E-state index in [1.54, 1.807) is 23.2 Å². The highest BCUT2D eigenvalue weighted by Crippen LogP contribution is 2.20. The molecule has 0 radical (unpaired) electrons. The number of anilines is 4. The predicted octanol–water partition coefficient (Wildman–Crippen LogP) is 4.76. The first-order valence-corrected chi connectivity index (χ1v) is 9.45. The standard InChI is InChI=1S/C23H24N4O2/c1-4-27(21-7-5-6-16(2)14-21)23(29)18-8-13-22(24-15-18)26-20-11-9-19(10-12-20)25-17(3)28/h5-15H,4H2,1-3H3,(H,24,26)(H,25,28). The summed E-state index contributed by atoms with van der Waals surface area (Å²) in [5.74, 6) is 0.434. The number of rotatable bonds is 6. The topological polar surface area (TPSA) is 74.3 Å². The Morgan fingerprint density at radius 3 is 2.31 bits per heavy atom. The van der Waals surface area contributed by atoms with E-state index < -0.39 is 0 Å². The maximum absolute atomic E-state index is 12.9. The van der Waals surface area contributed by atoms with Gasteiger partial charge in [0, 0.05) is 36.7 Å². The van der Waals surface area contributed by atoms with Gasteiger partial charge in [0.2, 0.25) is 5.91 Å². The van der Waals surface area contributed by atoms with Crippen molar-refractivity contribution in [2.24, 2.45) is 0 Å². The monoisotopic (exact) mass is 388 g/mol. The molecule has 0 bridgehead atoms. The van der Waals surface area contributed by atoms with Gasteiger partial charge in [-0.15, -0.1) is 0 Å². The summed E-state index contributed by atoms with van der Waals surface area (Å²) in [6.07, 6.45) is 1.58. The molecule has 2 amide bonds. The van der Waals surface area contributed by atoms with Crippen molar-refractivity contribution in [3.05, 3.63) is 78.0 Å². The Labute approximate surface area is 170 Å². The highest BCUT2D eigenvalue weighted by atomic mass is 16.2. The molecule has 0 unspecified atom stereocenters. The number of aryl methyl sites for hydroxylation is 1. The van der Waals surface area contributed by atoms with Gasteiger partial charge in [-0.25, -0.2) is 4.98 Å². The smallest absolute Gasteiger partial charge is 0.259 e. The molecule has 0 aliphatic rings. The van der Waals surface area contributed by atoms with Crippen molar-refractivity contribution < 1.29 is 9.59 Å². The number of amides is 2. The summed E-state index contributed by atoms with van der Waals surface area (Å²) in [7, 11) is 0. The van der Waals surface area contributed by atoms with E-state index in [0.717, 1.165) is 22.6 Å². The van der Waals surface area contributed by atoms with Gasteiger partial charge >= 0.3 is 0 Å². The van der Waals surface area contributed by atoms with Crippen LogP contribution in [-0.2, 0) is 4.79 Å². The van der Waals surface area contributed by atoms with Gasteiger partial charge in [-0.3, -0.25) is 9.59 Å². The van der Waals surface area contributed by atoms with Crippen molar-refractivity contribution in [3.8, 4) is 0 Å².